The number of nitrogens with zero attached hydrogens (tertiary/aromatic N) is 4. The van der Waals surface area contributed by atoms with E-state index in [1.54, 1.807) is 23.1 Å². The third-order valence-electron chi connectivity index (χ3n) is 4.40. The summed E-state index contributed by atoms with van der Waals surface area (Å²) >= 11 is 0. The quantitative estimate of drug-likeness (QED) is 0.274. The summed E-state index contributed by atoms with van der Waals surface area (Å²) < 4.78 is 11.8. The van der Waals surface area contributed by atoms with Crippen LogP contribution in [0, 0.1) is 10.1 Å². The predicted molar refractivity (Wildman–Crippen MR) is 109 cm³/mol. The molecule has 1 aromatic carbocycles. The molecular formula is C20H26N4O6. The van der Waals surface area contributed by atoms with Crippen LogP contribution in [-0.4, -0.2) is 59.0 Å². The lowest BCUT2D eigenvalue weighted by molar-refractivity contribution is -0.385. The van der Waals surface area contributed by atoms with Crippen LogP contribution >= 0.6 is 0 Å². The van der Waals surface area contributed by atoms with Gasteiger partial charge in [0.05, 0.1) is 30.9 Å². The summed E-state index contributed by atoms with van der Waals surface area (Å²) in [5, 5.41) is 20.5. The van der Waals surface area contributed by atoms with Crippen molar-refractivity contribution in [1.82, 2.24) is 9.63 Å². The molecule has 1 aromatic heterocycles. The minimum atomic E-state index is -0.553. The van der Waals surface area contributed by atoms with Gasteiger partial charge in [0.1, 0.15) is 0 Å². The van der Waals surface area contributed by atoms with Gasteiger partial charge in [-0.2, -0.15) is 4.73 Å². The number of aromatic nitrogens is 1. The summed E-state index contributed by atoms with van der Waals surface area (Å²) in [6, 6.07) is 7.41. The summed E-state index contributed by atoms with van der Waals surface area (Å²) in [7, 11) is 1.51. The zero-order valence-corrected chi connectivity index (χ0v) is 17.3. The monoisotopic (exact) mass is 418 g/mol. The van der Waals surface area contributed by atoms with Crippen LogP contribution < -0.4 is 15.0 Å². The molecule has 0 saturated heterocycles. The fourth-order valence-corrected chi connectivity index (χ4v) is 2.76. The molecule has 0 unspecified atom stereocenters. The number of ether oxygens (including phenoxy) is 2. The zero-order valence-electron chi connectivity index (χ0n) is 17.3. The molecular weight excluding hydrogens is 392 g/mol. The first-order chi connectivity index (χ1) is 14.4. The molecule has 1 amide bonds. The van der Waals surface area contributed by atoms with E-state index in [1.165, 1.54) is 25.4 Å². The second-order valence-corrected chi connectivity index (χ2v) is 6.27. The first kappa shape index (κ1) is 22.7. The fourth-order valence-electron chi connectivity index (χ4n) is 2.76. The molecule has 162 valence electrons. The molecule has 0 aliphatic carbocycles. The summed E-state index contributed by atoms with van der Waals surface area (Å²) in [6.07, 6.45) is 1.67. The molecule has 1 heterocycles. The van der Waals surface area contributed by atoms with Gasteiger partial charge in [-0.05, 0) is 32.0 Å². The van der Waals surface area contributed by atoms with E-state index in [0.717, 1.165) is 4.73 Å². The number of hydrogen-bond acceptors (Lipinski definition) is 7. The fraction of sp³-hybridized carbons (Fsp3) is 0.400. The Labute approximate surface area is 174 Å². The second kappa shape index (κ2) is 10.8. The number of hydrogen-bond donors (Lipinski definition) is 1. The number of nitro groups is 1. The molecule has 2 rings (SSSR count). The minimum absolute atomic E-state index is 0.0714. The summed E-state index contributed by atoms with van der Waals surface area (Å²) in [5.74, 6) is 0.885. The lowest BCUT2D eigenvalue weighted by Gasteiger charge is -2.19. The van der Waals surface area contributed by atoms with E-state index in [0.29, 0.717) is 49.7 Å². The number of rotatable bonds is 10. The Bertz CT molecular complexity index is 953. The van der Waals surface area contributed by atoms with E-state index < -0.39 is 4.92 Å². The molecule has 2 aromatic rings. The van der Waals surface area contributed by atoms with Gasteiger partial charge in [0.2, 0.25) is 0 Å². The highest BCUT2D eigenvalue weighted by molar-refractivity contribution is 5.94. The van der Waals surface area contributed by atoms with Gasteiger partial charge in [-0.3, -0.25) is 19.9 Å². The zero-order chi connectivity index (χ0) is 22.1. The van der Waals surface area contributed by atoms with Gasteiger partial charge >= 0.3 is 0 Å². The standard InChI is InChI=1S/C20H26N4O6/c1-4-22(5-2)20(25)15-7-8-17(18(13-15)29-3)30-12-6-10-21-19-14-16(24(27)28)9-11-23(19)26/h7-9,11,13-14,26H,4-6,10,12H2,1-3H3. The summed E-state index contributed by atoms with van der Waals surface area (Å²) in [5.41, 5.74) is 0.455. The average Bonchev–Trinajstić information content (AvgIpc) is 2.75. The SMILES string of the molecule is CCN(CC)C(=O)c1ccc(OCCCN=c2cc([N+](=O)[O-])ccn2O)c(OC)c1. The van der Waals surface area contributed by atoms with Gasteiger partial charge in [0, 0.05) is 37.7 Å². The Hall–Kier alpha value is -3.56. The lowest BCUT2D eigenvalue weighted by atomic mass is 10.1. The number of benzene rings is 1. The molecule has 0 aliphatic rings. The van der Waals surface area contributed by atoms with E-state index >= 15 is 0 Å². The molecule has 0 atom stereocenters. The summed E-state index contributed by atoms with van der Waals surface area (Å²) in [6.45, 7) is 5.70. The average molecular weight is 418 g/mol. The van der Waals surface area contributed by atoms with Gasteiger partial charge in [-0.15, -0.1) is 0 Å². The Morgan fingerprint density at radius 1 is 1.23 bits per heavy atom. The maximum Gasteiger partial charge on any atom is 0.274 e. The Balaban J connectivity index is 1.99. The van der Waals surface area contributed by atoms with Crippen molar-refractivity contribution in [3.05, 3.63) is 57.7 Å². The van der Waals surface area contributed by atoms with E-state index in [4.69, 9.17) is 9.47 Å². The Kier molecular flexibility index (Phi) is 8.21. The molecule has 0 bridgehead atoms. The van der Waals surface area contributed by atoms with E-state index in [1.807, 2.05) is 13.8 Å². The van der Waals surface area contributed by atoms with Crippen LogP contribution in [0.1, 0.15) is 30.6 Å². The molecule has 0 aliphatic heterocycles. The van der Waals surface area contributed by atoms with Crippen LogP contribution in [0.2, 0.25) is 0 Å². The number of amides is 1. The smallest absolute Gasteiger partial charge is 0.274 e. The topological polar surface area (TPSA) is 119 Å². The third-order valence-corrected chi connectivity index (χ3v) is 4.40. The third kappa shape index (κ3) is 5.72. The van der Waals surface area contributed by atoms with Crippen molar-refractivity contribution in [3.8, 4) is 11.5 Å². The van der Waals surface area contributed by atoms with Gasteiger partial charge in [-0.1, -0.05) is 0 Å². The van der Waals surface area contributed by atoms with Gasteiger partial charge in [0.15, 0.2) is 17.0 Å². The van der Waals surface area contributed by atoms with Crippen molar-refractivity contribution in [2.24, 2.45) is 4.99 Å². The van der Waals surface area contributed by atoms with E-state index in [-0.39, 0.29) is 17.1 Å². The van der Waals surface area contributed by atoms with Crippen LogP contribution in [-0.2, 0) is 0 Å². The van der Waals surface area contributed by atoms with Gasteiger partial charge < -0.3 is 19.6 Å². The number of carbonyl (C=O) groups is 1. The molecule has 0 saturated carbocycles. The van der Waals surface area contributed by atoms with Crippen molar-refractivity contribution >= 4 is 11.6 Å². The van der Waals surface area contributed by atoms with Gasteiger partial charge in [0.25, 0.3) is 11.6 Å². The largest absolute Gasteiger partial charge is 0.493 e. The van der Waals surface area contributed by atoms with Crippen molar-refractivity contribution in [3.63, 3.8) is 0 Å². The second-order valence-electron chi connectivity index (χ2n) is 6.27. The van der Waals surface area contributed by atoms with Crippen LogP contribution in [0.5, 0.6) is 11.5 Å². The highest BCUT2D eigenvalue weighted by Gasteiger charge is 2.15. The van der Waals surface area contributed by atoms with Crippen molar-refractivity contribution in [2.45, 2.75) is 20.3 Å². The number of pyridine rings is 1. The number of carbonyl (C=O) groups excluding carboxylic acids is 1. The van der Waals surface area contributed by atoms with E-state index in [9.17, 15) is 20.1 Å². The maximum atomic E-state index is 12.5. The number of methoxy groups -OCH3 is 1. The first-order valence-corrected chi connectivity index (χ1v) is 9.58. The minimum Gasteiger partial charge on any atom is -0.493 e. The highest BCUT2D eigenvalue weighted by atomic mass is 16.6. The molecule has 0 spiro atoms. The van der Waals surface area contributed by atoms with Crippen molar-refractivity contribution < 1.29 is 24.4 Å². The van der Waals surface area contributed by atoms with Crippen molar-refractivity contribution in [2.75, 3.05) is 33.4 Å². The van der Waals surface area contributed by atoms with E-state index in [2.05, 4.69) is 4.99 Å². The lowest BCUT2D eigenvalue weighted by Crippen LogP contribution is -2.30. The van der Waals surface area contributed by atoms with Crippen LogP contribution in [0.4, 0.5) is 5.69 Å². The molecule has 30 heavy (non-hydrogen) atoms. The first-order valence-electron chi connectivity index (χ1n) is 9.58. The van der Waals surface area contributed by atoms with Crippen LogP contribution in [0.15, 0.2) is 41.5 Å². The predicted octanol–water partition coefficient (Wildman–Crippen LogP) is 2.49. The Morgan fingerprint density at radius 3 is 2.60 bits per heavy atom. The Morgan fingerprint density at radius 2 is 1.97 bits per heavy atom. The molecule has 1 N–H and O–H groups in total. The summed E-state index contributed by atoms with van der Waals surface area (Å²) in [4.78, 5) is 28.6. The van der Waals surface area contributed by atoms with Gasteiger partial charge in [-0.25, -0.2) is 0 Å². The molecule has 10 nitrogen and oxygen atoms in total. The van der Waals surface area contributed by atoms with Crippen LogP contribution in [0.3, 0.4) is 0 Å². The molecule has 10 heteroatoms. The highest BCUT2D eigenvalue weighted by Crippen LogP contribution is 2.28. The van der Waals surface area contributed by atoms with Crippen LogP contribution in [0.25, 0.3) is 0 Å². The molecule has 0 fully saturated rings. The maximum absolute atomic E-state index is 12.5. The van der Waals surface area contributed by atoms with Crippen molar-refractivity contribution in [1.29, 1.82) is 0 Å². The molecule has 0 radical (unpaired) electrons. The normalized spacial score (nSPS) is 11.2.